The summed E-state index contributed by atoms with van der Waals surface area (Å²) in [6.45, 7) is 4.26. The lowest BCUT2D eigenvalue weighted by atomic mass is 9.98. The molecule has 3 rings (SSSR count). The van der Waals surface area contributed by atoms with E-state index in [1.807, 2.05) is 0 Å². The first kappa shape index (κ1) is 14.3. The summed E-state index contributed by atoms with van der Waals surface area (Å²) < 4.78 is 0. The third-order valence-electron chi connectivity index (χ3n) is 4.02. The number of fused-ring (bicyclic) bond motifs is 1. The highest BCUT2D eigenvalue weighted by Crippen LogP contribution is 2.29. The minimum absolute atomic E-state index is 0.0361. The van der Waals surface area contributed by atoms with Crippen molar-refractivity contribution in [1.82, 2.24) is 10.2 Å². The molecule has 0 unspecified atom stereocenters. The summed E-state index contributed by atoms with van der Waals surface area (Å²) in [7, 11) is 0. The molecule has 110 valence electrons. The van der Waals surface area contributed by atoms with Crippen molar-refractivity contribution in [2.24, 2.45) is 0 Å². The van der Waals surface area contributed by atoms with Crippen molar-refractivity contribution in [3.05, 3.63) is 57.8 Å². The number of nitrogens with one attached hydrogen (secondary N) is 1. The first-order valence-corrected chi connectivity index (χ1v) is 8.20. The van der Waals surface area contributed by atoms with Crippen LogP contribution >= 0.6 is 11.3 Å². The molecule has 3 nitrogen and oxygen atoms in total. The molecule has 4 heteroatoms. The number of rotatable bonds is 4. The van der Waals surface area contributed by atoms with Crippen molar-refractivity contribution in [1.29, 1.82) is 0 Å². The van der Waals surface area contributed by atoms with Gasteiger partial charge in [-0.25, -0.2) is 0 Å². The standard InChI is InChI=1S/C17H20N2OS/c1-13(20)18-11-16(17-7-4-10-21-17)19-9-8-14-5-2-3-6-15(14)12-19/h2-7,10,16H,8-9,11-12H2,1H3,(H,18,20)/t16-/m1/s1. The van der Waals surface area contributed by atoms with E-state index in [1.165, 1.54) is 16.0 Å². The molecule has 0 fully saturated rings. The van der Waals surface area contributed by atoms with Crippen LogP contribution in [-0.2, 0) is 17.8 Å². The van der Waals surface area contributed by atoms with Gasteiger partial charge in [0.05, 0.1) is 6.04 Å². The van der Waals surface area contributed by atoms with Crippen LogP contribution in [0.3, 0.4) is 0 Å². The number of thiophene rings is 1. The largest absolute Gasteiger partial charge is 0.354 e. The number of hydrogen-bond acceptors (Lipinski definition) is 3. The second-order valence-electron chi connectivity index (χ2n) is 5.46. The third kappa shape index (κ3) is 3.34. The lowest BCUT2D eigenvalue weighted by molar-refractivity contribution is -0.119. The molecule has 1 aliphatic rings. The third-order valence-corrected chi connectivity index (χ3v) is 4.99. The maximum absolute atomic E-state index is 11.3. The molecular formula is C17H20N2OS. The Morgan fingerprint density at radius 3 is 2.81 bits per heavy atom. The van der Waals surface area contributed by atoms with Crippen LogP contribution in [0.4, 0.5) is 0 Å². The Labute approximate surface area is 129 Å². The molecule has 0 saturated heterocycles. The molecule has 21 heavy (non-hydrogen) atoms. The van der Waals surface area contributed by atoms with Gasteiger partial charge in [-0.3, -0.25) is 9.69 Å². The summed E-state index contributed by atoms with van der Waals surface area (Å²) in [6, 6.07) is 13.2. The van der Waals surface area contributed by atoms with Gasteiger partial charge in [0, 0.05) is 31.4 Å². The second kappa shape index (κ2) is 6.41. The smallest absolute Gasteiger partial charge is 0.216 e. The molecule has 2 aromatic rings. The zero-order valence-electron chi connectivity index (χ0n) is 12.2. The zero-order valence-corrected chi connectivity index (χ0v) is 13.0. The minimum atomic E-state index is 0.0361. The summed E-state index contributed by atoms with van der Waals surface area (Å²) in [6.07, 6.45) is 1.08. The fourth-order valence-electron chi connectivity index (χ4n) is 2.91. The molecule has 1 aliphatic heterocycles. The van der Waals surface area contributed by atoms with E-state index >= 15 is 0 Å². The molecule has 0 spiro atoms. The summed E-state index contributed by atoms with van der Waals surface area (Å²) in [5.41, 5.74) is 2.87. The Bertz CT molecular complexity index is 609. The Balaban J connectivity index is 1.79. The van der Waals surface area contributed by atoms with Crippen molar-refractivity contribution in [2.45, 2.75) is 25.9 Å². The number of benzene rings is 1. The van der Waals surface area contributed by atoms with Crippen LogP contribution in [-0.4, -0.2) is 23.9 Å². The quantitative estimate of drug-likeness (QED) is 0.941. The second-order valence-corrected chi connectivity index (χ2v) is 6.44. The van der Waals surface area contributed by atoms with Crippen molar-refractivity contribution in [3.63, 3.8) is 0 Å². The molecular weight excluding hydrogens is 280 g/mol. The summed E-state index contributed by atoms with van der Waals surface area (Å²) >= 11 is 1.76. The Morgan fingerprint density at radius 2 is 2.10 bits per heavy atom. The highest BCUT2D eigenvalue weighted by atomic mass is 32.1. The average molecular weight is 300 g/mol. The van der Waals surface area contributed by atoms with Gasteiger partial charge in [0.25, 0.3) is 0 Å². The minimum Gasteiger partial charge on any atom is -0.354 e. The van der Waals surface area contributed by atoms with E-state index < -0.39 is 0 Å². The van der Waals surface area contributed by atoms with Crippen molar-refractivity contribution < 1.29 is 4.79 Å². The monoisotopic (exact) mass is 300 g/mol. The van der Waals surface area contributed by atoms with Gasteiger partial charge in [-0.15, -0.1) is 11.3 Å². The summed E-state index contributed by atoms with van der Waals surface area (Å²) in [5, 5.41) is 5.09. The fraction of sp³-hybridized carbons (Fsp3) is 0.353. The first-order valence-electron chi connectivity index (χ1n) is 7.32. The van der Waals surface area contributed by atoms with E-state index in [2.05, 4.69) is 52.0 Å². The molecule has 1 aromatic heterocycles. The van der Waals surface area contributed by atoms with Crippen LogP contribution in [0.25, 0.3) is 0 Å². The zero-order chi connectivity index (χ0) is 14.7. The van der Waals surface area contributed by atoms with E-state index in [0.717, 1.165) is 19.5 Å². The Morgan fingerprint density at radius 1 is 1.29 bits per heavy atom. The predicted octanol–water partition coefficient (Wildman–Crippen LogP) is 2.98. The molecule has 0 aliphatic carbocycles. The normalized spacial score (nSPS) is 16.2. The van der Waals surface area contributed by atoms with Crippen LogP contribution in [0.5, 0.6) is 0 Å². The fourth-order valence-corrected chi connectivity index (χ4v) is 3.78. The van der Waals surface area contributed by atoms with Gasteiger partial charge in [-0.2, -0.15) is 0 Å². The first-order chi connectivity index (χ1) is 10.2. The van der Waals surface area contributed by atoms with Crippen molar-refractivity contribution in [2.75, 3.05) is 13.1 Å². The van der Waals surface area contributed by atoms with Gasteiger partial charge in [-0.05, 0) is 29.0 Å². The highest BCUT2D eigenvalue weighted by Gasteiger charge is 2.25. The lowest BCUT2D eigenvalue weighted by Crippen LogP contribution is -2.39. The number of amides is 1. The van der Waals surface area contributed by atoms with Gasteiger partial charge < -0.3 is 5.32 Å². The van der Waals surface area contributed by atoms with Crippen LogP contribution in [0.1, 0.15) is 29.0 Å². The Hall–Kier alpha value is -1.65. The molecule has 0 saturated carbocycles. The highest BCUT2D eigenvalue weighted by molar-refractivity contribution is 7.10. The van der Waals surface area contributed by atoms with E-state index in [9.17, 15) is 4.79 Å². The topological polar surface area (TPSA) is 32.3 Å². The van der Waals surface area contributed by atoms with Gasteiger partial charge in [-0.1, -0.05) is 30.3 Å². The molecule has 1 amide bonds. The molecule has 2 heterocycles. The SMILES string of the molecule is CC(=O)NC[C@H](c1cccs1)N1CCc2ccccc2C1. The maximum atomic E-state index is 11.3. The average Bonchev–Trinajstić information content (AvgIpc) is 3.01. The molecule has 1 atom stereocenters. The van der Waals surface area contributed by atoms with Crippen LogP contribution < -0.4 is 5.32 Å². The van der Waals surface area contributed by atoms with E-state index in [0.29, 0.717) is 6.54 Å². The number of carbonyl (C=O) groups excluding carboxylic acids is 1. The molecule has 0 bridgehead atoms. The van der Waals surface area contributed by atoms with Gasteiger partial charge >= 0.3 is 0 Å². The molecule has 0 radical (unpaired) electrons. The van der Waals surface area contributed by atoms with Crippen LogP contribution in [0.15, 0.2) is 41.8 Å². The number of carbonyl (C=O) groups is 1. The van der Waals surface area contributed by atoms with Gasteiger partial charge in [0.15, 0.2) is 0 Å². The number of nitrogens with zero attached hydrogens (tertiary/aromatic N) is 1. The van der Waals surface area contributed by atoms with Crippen LogP contribution in [0, 0.1) is 0 Å². The van der Waals surface area contributed by atoms with Gasteiger partial charge in [0.1, 0.15) is 0 Å². The molecule has 1 N–H and O–H groups in total. The summed E-state index contributed by atoms with van der Waals surface area (Å²) in [5.74, 6) is 0.0361. The van der Waals surface area contributed by atoms with Crippen molar-refractivity contribution >= 4 is 17.2 Å². The van der Waals surface area contributed by atoms with Crippen molar-refractivity contribution in [3.8, 4) is 0 Å². The Kier molecular flexibility index (Phi) is 4.36. The molecule has 1 aromatic carbocycles. The summed E-state index contributed by atoms with van der Waals surface area (Å²) in [4.78, 5) is 15.1. The predicted molar refractivity (Wildman–Crippen MR) is 86.3 cm³/mol. The van der Waals surface area contributed by atoms with E-state index in [1.54, 1.807) is 18.3 Å². The van der Waals surface area contributed by atoms with E-state index in [4.69, 9.17) is 0 Å². The lowest BCUT2D eigenvalue weighted by Gasteiger charge is -2.35. The maximum Gasteiger partial charge on any atom is 0.216 e. The number of hydrogen-bond donors (Lipinski definition) is 1. The van der Waals surface area contributed by atoms with E-state index in [-0.39, 0.29) is 11.9 Å². The van der Waals surface area contributed by atoms with Gasteiger partial charge in [0.2, 0.25) is 5.91 Å². The van der Waals surface area contributed by atoms with Crippen LogP contribution in [0.2, 0.25) is 0 Å².